The number of anilines is 3. The van der Waals surface area contributed by atoms with Gasteiger partial charge in [0.05, 0.1) is 0 Å². The number of rotatable bonds is 4. The van der Waals surface area contributed by atoms with Crippen LogP contribution >= 0.6 is 11.6 Å². The van der Waals surface area contributed by atoms with E-state index < -0.39 is 0 Å². The van der Waals surface area contributed by atoms with E-state index in [0.717, 1.165) is 23.7 Å². The van der Waals surface area contributed by atoms with E-state index in [9.17, 15) is 0 Å². The van der Waals surface area contributed by atoms with Gasteiger partial charge in [-0.05, 0) is 38.1 Å². The topological polar surface area (TPSA) is 49.8 Å². The highest BCUT2D eigenvalue weighted by molar-refractivity contribution is 6.30. The molecule has 0 saturated heterocycles. The number of benzene rings is 1. The zero-order valence-corrected chi connectivity index (χ0v) is 11.1. The van der Waals surface area contributed by atoms with Crippen molar-refractivity contribution in [2.24, 2.45) is 0 Å². The first kappa shape index (κ1) is 12.6. The van der Waals surface area contributed by atoms with Crippen molar-refractivity contribution >= 4 is 29.1 Å². The molecule has 2 N–H and O–H groups in total. The highest BCUT2D eigenvalue weighted by Gasteiger charge is 2.01. The van der Waals surface area contributed by atoms with Gasteiger partial charge in [-0.2, -0.15) is 4.98 Å². The van der Waals surface area contributed by atoms with Crippen LogP contribution in [0.25, 0.3) is 0 Å². The van der Waals surface area contributed by atoms with Crippen LogP contribution in [0.15, 0.2) is 30.3 Å². The summed E-state index contributed by atoms with van der Waals surface area (Å²) in [5.41, 5.74) is 1.86. The van der Waals surface area contributed by atoms with Gasteiger partial charge in [0.1, 0.15) is 5.82 Å². The molecule has 0 bridgehead atoms. The summed E-state index contributed by atoms with van der Waals surface area (Å²) in [5.74, 6) is 1.40. The highest BCUT2D eigenvalue weighted by atomic mass is 35.5. The molecule has 18 heavy (non-hydrogen) atoms. The molecule has 0 aliphatic carbocycles. The van der Waals surface area contributed by atoms with E-state index in [2.05, 4.69) is 20.6 Å². The second kappa shape index (κ2) is 5.69. The Hall–Kier alpha value is -1.81. The Labute approximate surface area is 111 Å². The van der Waals surface area contributed by atoms with Crippen molar-refractivity contribution in [3.8, 4) is 0 Å². The summed E-state index contributed by atoms with van der Waals surface area (Å²) in [4.78, 5) is 8.67. The van der Waals surface area contributed by atoms with Crippen LogP contribution < -0.4 is 10.6 Å². The molecule has 0 aliphatic heterocycles. The number of hydrogen-bond acceptors (Lipinski definition) is 4. The second-order valence-electron chi connectivity index (χ2n) is 3.88. The molecule has 0 saturated carbocycles. The SMILES string of the molecule is CCNc1nc(C)cc(Nc2ccc(Cl)cc2)n1. The van der Waals surface area contributed by atoms with Crippen LogP contribution in [0.3, 0.4) is 0 Å². The lowest BCUT2D eigenvalue weighted by Gasteiger charge is -2.09. The van der Waals surface area contributed by atoms with Crippen molar-refractivity contribution in [1.29, 1.82) is 0 Å². The van der Waals surface area contributed by atoms with Gasteiger partial charge >= 0.3 is 0 Å². The Morgan fingerprint density at radius 2 is 1.89 bits per heavy atom. The molecule has 0 unspecified atom stereocenters. The normalized spacial score (nSPS) is 10.2. The first-order valence-electron chi connectivity index (χ1n) is 5.79. The van der Waals surface area contributed by atoms with Gasteiger partial charge in [0.25, 0.3) is 0 Å². The fourth-order valence-electron chi connectivity index (χ4n) is 1.55. The Bertz CT molecular complexity index is 525. The quantitative estimate of drug-likeness (QED) is 0.884. The lowest BCUT2D eigenvalue weighted by Crippen LogP contribution is -2.05. The zero-order valence-electron chi connectivity index (χ0n) is 10.4. The van der Waals surface area contributed by atoms with E-state index in [4.69, 9.17) is 11.6 Å². The first-order valence-corrected chi connectivity index (χ1v) is 6.17. The molecule has 1 aromatic heterocycles. The number of aromatic nitrogens is 2. The van der Waals surface area contributed by atoms with Gasteiger partial charge in [-0.3, -0.25) is 0 Å². The van der Waals surface area contributed by atoms with Gasteiger partial charge < -0.3 is 10.6 Å². The third-order valence-electron chi connectivity index (χ3n) is 2.31. The number of hydrogen-bond donors (Lipinski definition) is 2. The molecule has 4 nitrogen and oxygen atoms in total. The molecule has 0 atom stereocenters. The molecule has 0 spiro atoms. The molecule has 0 aliphatic rings. The number of halogens is 1. The molecule has 2 aromatic rings. The molecule has 0 amide bonds. The largest absolute Gasteiger partial charge is 0.354 e. The summed E-state index contributed by atoms with van der Waals surface area (Å²) < 4.78 is 0. The van der Waals surface area contributed by atoms with Gasteiger partial charge in [0, 0.05) is 29.0 Å². The lowest BCUT2D eigenvalue weighted by molar-refractivity contribution is 1.05. The first-order chi connectivity index (χ1) is 8.67. The second-order valence-corrected chi connectivity index (χ2v) is 4.32. The predicted molar refractivity (Wildman–Crippen MR) is 75.7 cm³/mol. The van der Waals surface area contributed by atoms with E-state index in [1.165, 1.54) is 0 Å². The van der Waals surface area contributed by atoms with Gasteiger partial charge in [0.2, 0.25) is 5.95 Å². The van der Waals surface area contributed by atoms with Gasteiger partial charge in [0.15, 0.2) is 0 Å². The maximum atomic E-state index is 5.84. The average molecular weight is 263 g/mol. The third kappa shape index (κ3) is 3.34. The highest BCUT2D eigenvalue weighted by Crippen LogP contribution is 2.18. The van der Waals surface area contributed by atoms with E-state index >= 15 is 0 Å². The van der Waals surface area contributed by atoms with Crippen LogP contribution in [0.2, 0.25) is 5.02 Å². The fraction of sp³-hybridized carbons (Fsp3) is 0.231. The Morgan fingerprint density at radius 1 is 1.17 bits per heavy atom. The van der Waals surface area contributed by atoms with Gasteiger partial charge in [-0.25, -0.2) is 4.98 Å². The minimum atomic E-state index is 0.633. The molecule has 2 rings (SSSR count). The molecular formula is C13H15ClN4. The molecular weight excluding hydrogens is 248 g/mol. The summed E-state index contributed by atoms with van der Waals surface area (Å²) in [7, 11) is 0. The zero-order chi connectivity index (χ0) is 13.0. The van der Waals surface area contributed by atoms with Crippen molar-refractivity contribution in [2.75, 3.05) is 17.2 Å². The van der Waals surface area contributed by atoms with Crippen molar-refractivity contribution in [3.05, 3.63) is 41.0 Å². The van der Waals surface area contributed by atoms with Crippen LogP contribution in [-0.4, -0.2) is 16.5 Å². The predicted octanol–water partition coefficient (Wildman–Crippen LogP) is 3.61. The Kier molecular flexibility index (Phi) is 3.99. The Morgan fingerprint density at radius 3 is 2.56 bits per heavy atom. The third-order valence-corrected chi connectivity index (χ3v) is 2.56. The maximum Gasteiger partial charge on any atom is 0.224 e. The summed E-state index contributed by atoms with van der Waals surface area (Å²) in [6.45, 7) is 4.75. The Balaban J connectivity index is 2.20. The minimum Gasteiger partial charge on any atom is -0.354 e. The number of nitrogens with zero attached hydrogens (tertiary/aromatic N) is 2. The molecule has 5 heteroatoms. The standard InChI is InChI=1S/C13H15ClN4/c1-3-15-13-16-9(2)8-12(18-13)17-11-6-4-10(14)5-7-11/h4-8H,3H2,1-2H3,(H2,15,16,17,18). The number of aryl methyl sites for hydroxylation is 1. The molecule has 0 fully saturated rings. The monoisotopic (exact) mass is 262 g/mol. The van der Waals surface area contributed by atoms with Crippen LogP contribution in [0, 0.1) is 6.92 Å². The summed E-state index contributed by atoms with van der Waals surface area (Å²) in [5, 5.41) is 7.04. The fourth-order valence-corrected chi connectivity index (χ4v) is 1.68. The smallest absolute Gasteiger partial charge is 0.224 e. The van der Waals surface area contributed by atoms with Gasteiger partial charge in [-0.15, -0.1) is 0 Å². The molecule has 1 aromatic carbocycles. The van der Waals surface area contributed by atoms with Crippen molar-refractivity contribution < 1.29 is 0 Å². The summed E-state index contributed by atoms with van der Waals surface area (Å²) in [6, 6.07) is 9.39. The van der Waals surface area contributed by atoms with Crippen LogP contribution in [0.1, 0.15) is 12.6 Å². The van der Waals surface area contributed by atoms with E-state index in [0.29, 0.717) is 11.0 Å². The van der Waals surface area contributed by atoms with Crippen LogP contribution in [0.4, 0.5) is 17.5 Å². The average Bonchev–Trinajstić information content (AvgIpc) is 2.32. The number of nitrogens with one attached hydrogen (secondary N) is 2. The molecule has 0 radical (unpaired) electrons. The summed E-state index contributed by atoms with van der Waals surface area (Å²) >= 11 is 5.84. The van der Waals surface area contributed by atoms with Crippen molar-refractivity contribution in [1.82, 2.24) is 9.97 Å². The molecule has 1 heterocycles. The van der Waals surface area contributed by atoms with Crippen molar-refractivity contribution in [2.45, 2.75) is 13.8 Å². The van der Waals surface area contributed by atoms with E-state index in [-0.39, 0.29) is 0 Å². The van der Waals surface area contributed by atoms with Crippen molar-refractivity contribution in [3.63, 3.8) is 0 Å². The summed E-state index contributed by atoms with van der Waals surface area (Å²) in [6.07, 6.45) is 0. The van der Waals surface area contributed by atoms with E-state index in [1.807, 2.05) is 44.2 Å². The van der Waals surface area contributed by atoms with Crippen LogP contribution in [0.5, 0.6) is 0 Å². The van der Waals surface area contributed by atoms with Gasteiger partial charge in [-0.1, -0.05) is 11.6 Å². The maximum absolute atomic E-state index is 5.84. The lowest BCUT2D eigenvalue weighted by atomic mass is 10.3. The van der Waals surface area contributed by atoms with E-state index in [1.54, 1.807) is 0 Å². The minimum absolute atomic E-state index is 0.633. The van der Waals surface area contributed by atoms with Crippen LogP contribution in [-0.2, 0) is 0 Å². The molecule has 94 valence electrons.